The fourth-order valence-corrected chi connectivity index (χ4v) is 4.72. The van der Waals surface area contributed by atoms with Gasteiger partial charge in [-0.25, -0.2) is 0 Å². The van der Waals surface area contributed by atoms with Gasteiger partial charge in [-0.2, -0.15) is 0 Å². The van der Waals surface area contributed by atoms with Crippen molar-refractivity contribution in [2.75, 3.05) is 7.05 Å². The van der Waals surface area contributed by atoms with Gasteiger partial charge in [0, 0.05) is 51.2 Å². The summed E-state index contributed by atoms with van der Waals surface area (Å²) < 4.78 is 0. The molecule has 3 heterocycles. The summed E-state index contributed by atoms with van der Waals surface area (Å²) in [5.74, 6) is -0.854. The first-order valence-electron chi connectivity index (χ1n) is 11.7. The molecule has 1 unspecified atom stereocenters. The van der Waals surface area contributed by atoms with Crippen LogP contribution in [0.25, 0.3) is 11.0 Å². The number of imide groups is 1. The average molecular weight is 480 g/mol. The molecule has 3 amide bonds. The van der Waals surface area contributed by atoms with Crippen molar-refractivity contribution in [1.29, 1.82) is 0 Å². The Morgan fingerprint density at radius 2 is 1.64 bits per heavy atom. The Morgan fingerprint density at radius 1 is 0.917 bits per heavy atom. The molecule has 0 bridgehead atoms. The highest BCUT2D eigenvalue weighted by atomic mass is 16.2. The third kappa shape index (κ3) is 4.45. The van der Waals surface area contributed by atoms with Gasteiger partial charge in [0.25, 0.3) is 0 Å². The SMILES string of the molecule is CN(Cc1ccc2nccnc2c1)C(=O)CC1(c2ccccc2)CC(=O)N(Cc2ccncc2)C1=O. The molecule has 4 aromatic rings. The molecule has 8 nitrogen and oxygen atoms in total. The number of hydrogen-bond acceptors (Lipinski definition) is 6. The number of likely N-dealkylation sites (tertiary alicyclic amines) is 1. The van der Waals surface area contributed by atoms with Crippen LogP contribution in [0.1, 0.15) is 29.5 Å². The van der Waals surface area contributed by atoms with Gasteiger partial charge < -0.3 is 4.90 Å². The van der Waals surface area contributed by atoms with Gasteiger partial charge in [-0.1, -0.05) is 36.4 Å². The van der Waals surface area contributed by atoms with E-state index in [1.807, 2.05) is 48.5 Å². The maximum Gasteiger partial charge on any atom is 0.241 e. The van der Waals surface area contributed by atoms with E-state index in [2.05, 4.69) is 15.0 Å². The molecule has 0 saturated carbocycles. The Bertz CT molecular complexity index is 1430. The molecule has 2 aromatic heterocycles. The number of rotatable bonds is 7. The average Bonchev–Trinajstić information content (AvgIpc) is 3.14. The van der Waals surface area contributed by atoms with Crippen molar-refractivity contribution in [3.05, 3.63) is 102 Å². The number of benzene rings is 2. The molecule has 2 aromatic carbocycles. The fourth-order valence-electron chi connectivity index (χ4n) is 4.72. The van der Waals surface area contributed by atoms with Crippen molar-refractivity contribution in [1.82, 2.24) is 24.8 Å². The number of hydrogen-bond donors (Lipinski definition) is 0. The second kappa shape index (κ2) is 9.65. The van der Waals surface area contributed by atoms with E-state index in [0.29, 0.717) is 12.1 Å². The van der Waals surface area contributed by atoms with Crippen LogP contribution in [0.3, 0.4) is 0 Å². The van der Waals surface area contributed by atoms with Gasteiger partial charge in [0.15, 0.2) is 0 Å². The lowest BCUT2D eigenvalue weighted by Gasteiger charge is -2.29. The summed E-state index contributed by atoms with van der Waals surface area (Å²) in [4.78, 5) is 55.8. The largest absolute Gasteiger partial charge is 0.341 e. The summed E-state index contributed by atoms with van der Waals surface area (Å²) in [6.07, 6.45) is 6.37. The van der Waals surface area contributed by atoms with Gasteiger partial charge in [-0.3, -0.25) is 34.2 Å². The summed E-state index contributed by atoms with van der Waals surface area (Å²) in [6.45, 7) is 0.496. The van der Waals surface area contributed by atoms with Crippen LogP contribution >= 0.6 is 0 Å². The van der Waals surface area contributed by atoms with Crippen LogP contribution in [-0.2, 0) is 32.9 Å². The number of carbonyl (C=O) groups is 3. The first kappa shape index (κ1) is 23.3. The highest BCUT2D eigenvalue weighted by molar-refractivity contribution is 6.10. The molecular weight excluding hydrogens is 454 g/mol. The van der Waals surface area contributed by atoms with Gasteiger partial charge in [0.05, 0.1) is 23.0 Å². The minimum Gasteiger partial charge on any atom is -0.341 e. The predicted molar refractivity (Wildman–Crippen MR) is 133 cm³/mol. The Morgan fingerprint density at radius 3 is 2.39 bits per heavy atom. The number of fused-ring (bicyclic) bond motifs is 1. The third-order valence-electron chi connectivity index (χ3n) is 6.66. The fraction of sp³-hybridized carbons (Fsp3) is 0.214. The van der Waals surface area contributed by atoms with Crippen LogP contribution in [0.4, 0.5) is 0 Å². The highest BCUT2D eigenvalue weighted by Gasteiger charge is 2.53. The van der Waals surface area contributed by atoms with E-state index in [1.54, 1.807) is 48.9 Å². The van der Waals surface area contributed by atoms with Crippen LogP contribution < -0.4 is 0 Å². The molecule has 1 aliphatic rings. The van der Waals surface area contributed by atoms with E-state index in [0.717, 1.165) is 22.2 Å². The summed E-state index contributed by atoms with van der Waals surface area (Å²) >= 11 is 0. The van der Waals surface area contributed by atoms with E-state index in [4.69, 9.17) is 0 Å². The van der Waals surface area contributed by atoms with E-state index in [-0.39, 0.29) is 37.1 Å². The second-order valence-corrected chi connectivity index (χ2v) is 9.07. The summed E-state index contributed by atoms with van der Waals surface area (Å²) in [6, 6.07) is 18.4. The summed E-state index contributed by atoms with van der Waals surface area (Å²) in [5, 5.41) is 0. The first-order valence-corrected chi connectivity index (χ1v) is 11.7. The topological polar surface area (TPSA) is 96.4 Å². The van der Waals surface area contributed by atoms with Crippen LogP contribution in [0.2, 0.25) is 0 Å². The normalized spacial score (nSPS) is 17.5. The number of nitrogens with zero attached hydrogens (tertiary/aromatic N) is 5. The first-order chi connectivity index (χ1) is 17.5. The zero-order chi connectivity index (χ0) is 25.1. The minimum absolute atomic E-state index is 0.0495. The number of amides is 3. The van der Waals surface area contributed by atoms with E-state index in [9.17, 15) is 14.4 Å². The molecule has 1 aliphatic heterocycles. The van der Waals surface area contributed by atoms with Gasteiger partial charge in [-0.15, -0.1) is 0 Å². The van der Waals surface area contributed by atoms with Crippen molar-refractivity contribution >= 4 is 28.8 Å². The Kier molecular flexibility index (Phi) is 6.25. The van der Waals surface area contributed by atoms with Crippen LogP contribution in [-0.4, -0.2) is 49.5 Å². The van der Waals surface area contributed by atoms with Gasteiger partial charge in [0.2, 0.25) is 17.7 Å². The van der Waals surface area contributed by atoms with Crippen molar-refractivity contribution in [3.8, 4) is 0 Å². The van der Waals surface area contributed by atoms with Gasteiger partial charge in [0.1, 0.15) is 0 Å². The Labute approximate surface area is 208 Å². The second-order valence-electron chi connectivity index (χ2n) is 9.07. The molecule has 8 heteroatoms. The Hall–Kier alpha value is -4.46. The third-order valence-corrected chi connectivity index (χ3v) is 6.66. The van der Waals surface area contributed by atoms with Crippen molar-refractivity contribution in [2.24, 2.45) is 0 Å². The quantitative estimate of drug-likeness (QED) is 0.378. The van der Waals surface area contributed by atoms with Crippen molar-refractivity contribution < 1.29 is 14.4 Å². The van der Waals surface area contributed by atoms with Crippen LogP contribution in [0.5, 0.6) is 0 Å². The summed E-state index contributed by atoms with van der Waals surface area (Å²) in [5.41, 5.74) is 2.66. The lowest BCUT2D eigenvalue weighted by atomic mass is 9.75. The molecule has 0 N–H and O–H groups in total. The maximum atomic E-state index is 13.8. The van der Waals surface area contributed by atoms with E-state index in [1.165, 1.54) is 4.90 Å². The molecule has 1 atom stereocenters. The van der Waals surface area contributed by atoms with Crippen molar-refractivity contribution in [3.63, 3.8) is 0 Å². The zero-order valence-corrected chi connectivity index (χ0v) is 19.9. The molecule has 180 valence electrons. The molecule has 1 fully saturated rings. The molecule has 36 heavy (non-hydrogen) atoms. The van der Waals surface area contributed by atoms with Crippen molar-refractivity contribution in [2.45, 2.75) is 31.3 Å². The van der Waals surface area contributed by atoms with Crippen LogP contribution in [0, 0.1) is 0 Å². The lowest BCUT2D eigenvalue weighted by molar-refractivity contribution is -0.143. The smallest absolute Gasteiger partial charge is 0.241 e. The monoisotopic (exact) mass is 479 g/mol. The Balaban J connectivity index is 1.40. The molecule has 0 aliphatic carbocycles. The van der Waals surface area contributed by atoms with Gasteiger partial charge >= 0.3 is 0 Å². The highest BCUT2D eigenvalue weighted by Crippen LogP contribution is 2.41. The maximum absolute atomic E-state index is 13.8. The van der Waals surface area contributed by atoms with E-state index >= 15 is 0 Å². The van der Waals surface area contributed by atoms with E-state index < -0.39 is 5.41 Å². The molecule has 5 rings (SSSR count). The number of carbonyl (C=O) groups excluding carboxylic acids is 3. The number of aromatic nitrogens is 3. The minimum atomic E-state index is -1.24. The zero-order valence-electron chi connectivity index (χ0n) is 19.9. The molecule has 1 saturated heterocycles. The van der Waals surface area contributed by atoms with Crippen LogP contribution in [0.15, 0.2) is 85.5 Å². The molecule has 0 spiro atoms. The molecule has 0 radical (unpaired) electrons. The standard InChI is InChI=1S/C28H25N5O3/c1-32(18-21-7-8-23-24(15-21)31-14-13-30-23)25(34)16-28(22-5-3-2-4-6-22)17-26(35)33(27(28)36)19-20-9-11-29-12-10-20/h2-15H,16-19H2,1H3. The number of pyridine rings is 1. The molecular formula is C28H25N5O3. The predicted octanol–water partition coefficient (Wildman–Crippen LogP) is 3.27. The lowest BCUT2D eigenvalue weighted by Crippen LogP contribution is -2.42. The van der Waals surface area contributed by atoms with Gasteiger partial charge in [-0.05, 0) is 41.0 Å². The summed E-state index contributed by atoms with van der Waals surface area (Å²) in [7, 11) is 1.71.